The van der Waals surface area contributed by atoms with Gasteiger partial charge in [0.15, 0.2) is 17.5 Å². The van der Waals surface area contributed by atoms with Crippen molar-refractivity contribution in [2.75, 3.05) is 20.1 Å². The van der Waals surface area contributed by atoms with Gasteiger partial charge in [-0.3, -0.25) is 4.99 Å². The molecule has 0 aliphatic heterocycles. The molecule has 0 saturated carbocycles. The highest BCUT2D eigenvalue weighted by Crippen LogP contribution is 2.16. The summed E-state index contributed by atoms with van der Waals surface area (Å²) in [5.74, 6) is 0.588. The minimum absolute atomic E-state index is 0.193. The molecule has 2 rings (SSSR count). The Morgan fingerprint density at radius 3 is 2.83 bits per heavy atom. The molecule has 24 heavy (non-hydrogen) atoms. The lowest BCUT2D eigenvalue weighted by Gasteiger charge is -2.18. The topological polar surface area (TPSA) is 58.5 Å². The lowest BCUT2D eigenvalue weighted by molar-refractivity contribution is 0.214. The molecule has 0 fully saturated rings. The van der Waals surface area contributed by atoms with Crippen molar-refractivity contribution in [2.24, 2.45) is 4.99 Å². The number of nitrogens with one attached hydrogen (secondary N) is 2. The summed E-state index contributed by atoms with van der Waals surface area (Å²) in [6.07, 6.45) is 0.647. The fourth-order valence-electron chi connectivity index (χ4n) is 2.09. The highest BCUT2D eigenvalue weighted by molar-refractivity contribution is 7.09. The summed E-state index contributed by atoms with van der Waals surface area (Å²) in [6.45, 7) is 5.14. The molecule has 0 aliphatic carbocycles. The second-order valence-corrected chi connectivity index (χ2v) is 6.41. The maximum absolute atomic E-state index is 13.6. The van der Waals surface area contributed by atoms with Crippen molar-refractivity contribution in [1.29, 1.82) is 0 Å². The van der Waals surface area contributed by atoms with Crippen LogP contribution in [0.2, 0.25) is 0 Å². The van der Waals surface area contributed by atoms with Crippen LogP contribution < -0.4 is 15.4 Å². The number of halogens is 1. The number of benzene rings is 1. The van der Waals surface area contributed by atoms with Gasteiger partial charge >= 0.3 is 0 Å². The predicted octanol–water partition coefficient (Wildman–Crippen LogP) is 2.77. The van der Waals surface area contributed by atoms with Crippen molar-refractivity contribution in [3.63, 3.8) is 0 Å². The molecule has 2 aromatic rings. The predicted molar refractivity (Wildman–Crippen MR) is 96.4 cm³/mol. The lowest BCUT2D eigenvalue weighted by Crippen LogP contribution is -2.42. The molecule has 2 N–H and O–H groups in total. The lowest BCUT2D eigenvalue weighted by atomic mass is 10.3. The fourth-order valence-corrected chi connectivity index (χ4v) is 2.74. The van der Waals surface area contributed by atoms with Gasteiger partial charge in [-0.15, -0.1) is 11.3 Å². The van der Waals surface area contributed by atoms with E-state index in [0.29, 0.717) is 12.5 Å². The van der Waals surface area contributed by atoms with Crippen LogP contribution in [0.3, 0.4) is 0 Å². The Labute approximate surface area is 146 Å². The van der Waals surface area contributed by atoms with Gasteiger partial charge in [-0.25, -0.2) is 9.37 Å². The zero-order valence-corrected chi connectivity index (χ0v) is 15.0. The fraction of sp³-hybridized carbons (Fsp3) is 0.412. The van der Waals surface area contributed by atoms with Crippen LogP contribution in [0, 0.1) is 12.7 Å². The zero-order valence-electron chi connectivity index (χ0n) is 14.2. The van der Waals surface area contributed by atoms with Crippen molar-refractivity contribution in [2.45, 2.75) is 26.4 Å². The van der Waals surface area contributed by atoms with E-state index in [-0.39, 0.29) is 17.7 Å². The standard InChI is InChI=1S/C17H23FN4OS/c1-12(23-16-7-5-4-6-15(16)18)10-21-17(19-3)20-9-8-14-11-24-13(2)22-14/h4-7,11-12H,8-10H2,1-3H3,(H2,19,20,21). The third-order valence-electron chi connectivity index (χ3n) is 3.29. The average molecular weight is 350 g/mol. The van der Waals surface area contributed by atoms with Crippen molar-refractivity contribution in [3.8, 4) is 5.75 Å². The molecule has 0 amide bonds. The SMILES string of the molecule is CN=C(NCCc1csc(C)n1)NCC(C)Oc1ccccc1F. The number of rotatable bonds is 7. The summed E-state index contributed by atoms with van der Waals surface area (Å²) < 4.78 is 19.1. The molecule has 0 bridgehead atoms. The highest BCUT2D eigenvalue weighted by atomic mass is 32.1. The van der Waals surface area contributed by atoms with E-state index >= 15 is 0 Å². The van der Waals surface area contributed by atoms with E-state index in [1.807, 2.05) is 13.8 Å². The number of hydrogen-bond acceptors (Lipinski definition) is 4. The van der Waals surface area contributed by atoms with Crippen LogP contribution in [0.25, 0.3) is 0 Å². The Morgan fingerprint density at radius 1 is 1.38 bits per heavy atom. The second-order valence-electron chi connectivity index (χ2n) is 5.35. The van der Waals surface area contributed by atoms with Gasteiger partial charge in [0, 0.05) is 25.4 Å². The summed E-state index contributed by atoms with van der Waals surface area (Å²) in [4.78, 5) is 8.59. The molecular weight excluding hydrogens is 327 g/mol. The number of nitrogens with zero attached hydrogens (tertiary/aromatic N) is 2. The summed E-state index contributed by atoms with van der Waals surface area (Å²) in [5, 5.41) is 9.55. The average Bonchev–Trinajstić information content (AvgIpc) is 2.98. The number of thiazole rings is 1. The van der Waals surface area contributed by atoms with Crippen LogP contribution in [-0.4, -0.2) is 37.2 Å². The maximum atomic E-state index is 13.6. The normalized spacial score (nSPS) is 12.8. The minimum atomic E-state index is -0.356. The molecule has 1 atom stereocenters. The van der Waals surface area contributed by atoms with E-state index in [2.05, 4.69) is 26.0 Å². The van der Waals surface area contributed by atoms with Gasteiger partial charge < -0.3 is 15.4 Å². The minimum Gasteiger partial charge on any atom is -0.486 e. The van der Waals surface area contributed by atoms with Crippen molar-refractivity contribution >= 4 is 17.3 Å². The van der Waals surface area contributed by atoms with E-state index in [9.17, 15) is 4.39 Å². The van der Waals surface area contributed by atoms with Gasteiger partial charge in [-0.1, -0.05) is 12.1 Å². The van der Waals surface area contributed by atoms with E-state index in [1.165, 1.54) is 6.07 Å². The van der Waals surface area contributed by atoms with Gasteiger partial charge in [-0.05, 0) is 26.0 Å². The number of aryl methyl sites for hydroxylation is 1. The Bertz CT molecular complexity index is 674. The monoisotopic (exact) mass is 350 g/mol. The summed E-state index contributed by atoms with van der Waals surface area (Å²) >= 11 is 1.65. The van der Waals surface area contributed by atoms with Crippen LogP contribution in [0.5, 0.6) is 5.75 Å². The molecule has 7 heteroatoms. The van der Waals surface area contributed by atoms with Gasteiger partial charge in [0.25, 0.3) is 0 Å². The summed E-state index contributed by atoms with van der Waals surface area (Å²) in [7, 11) is 1.71. The molecule has 5 nitrogen and oxygen atoms in total. The molecule has 130 valence electrons. The molecule has 1 aromatic carbocycles. The molecule has 1 aromatic heterocycles. The van der Waals surface area contributed by atoms with Crippen molar-refractivity contribution < 1.29 is 9.13 Å². The molecule has 1 unspecified atom stereocenters. The quantitative estimate of drug-likeness (QED) is 0.595. The molecule has 1 heterocycles. The third kappa shape index (κ3) is 5.81. The van der Waals surface area contributed by atoms with Gasteiger partial charge in [0.1, 0.15) is 6.10 Å². The van der Waals surface area contributed by atoms with Gasteiger partial charge in [-0.2, -0.15) is 0 Å². The number of aromatic nitrogens is 1. The summed E-state index contributed by atoms with van der Waals surface area (Å²) in [6, 6.07) is 6.39. The smallest absolute Gasteiger partial charge is 0.191 e. The number of hydrogen-bond donors (Lipinski definition) is 2. The van der Waals surface area contributed by atoms with Gasteiger partial charge in [0.2, 0.25) is 0 Å². The zero-order chi connectivity index (χ0) is 17.4. The largest absolute Gasteiger partial charge is 0.486 e. The molecule has 0 radical (unpaired) electrons. The first-order valence-electron chi connectivity index (χ1n) is 7.85. The van der Waals surface area contributed by atoms with E-state index in [0.717, 1.165) is 23.7 Å². The summed E-state index contributed by atoms with van der Waals surface area (Å²) in [5.41, 5.74) is 1.08. The van der Waals surface area contributed by atoms with Crippen LogP contribution in [0.15, 0.2) is 34.6 Å². The molecule has 0 aliphatic rings. The maximum Gasteiger partial charge on any atom is 0.191 e. The Kier molecular flexibility index (Phi) is 6.99. The molecule has 0 saturated heterocycles. The molecular formula is C17H23FN4OS. The van der Waals surface area contributed by atoms with Crippen LogP contribution in [0.1, 0.15) is 17.6 Å². The van der Waals surface area contributed by atoms with Crippen molar-refractivity contribution in [1.82, 2.24) is 15.6 Å². The number of para-hydroxylation sites is 1. The van der Waals surface area contributed by atoms with E-state index in [1.54, 1.807) is 36.6 Å². The number of guanidine groups is 1. The van der Waals surface area contributed by atoms with Crippen LogP contribution >= 0.6 is 11.3 Å². The van der Waals surface area contributed by atoms with Crippen LogP contribution in [0.4, 0.5) is 4.39 Å². The van der Waals surface area contributed by atoms with Gasteiger partial charge in [0.05, 0.1) is 17.2 Å². The van der Waals surface area contributed by atoms with E-state index < -0.39 is 0 Å². The number of aliphatic imine (C=N–C) groups is 1. The first-order chi connectivity index (χ1) is 11.6. The Balaban J connectivity index is 1.71. The first-order valence-corrected chi connectivity index (χ1v) is 8.73. The van der Waals surface area contributed by atoms with Crippen LogP contribution in [-0.2, 0) is 6.42 Å². The molecule has 0 spiro atoms. The third-order valence-corrected chi connectivity index (χ3v) is 4.11. The second kappa shape index (κ2) is 9.22. The first kappa shape index (κ1) is 18.2. The Morgan fingerprint density at radius 2 is 2.17 bits per heavy atom. The number of ether oxygens (including phenoxy) is 1. The Hall–Kier alpha value is -2.15. The van der Waals surface area contributed by atoms with Crippen molar-refractivity contribution in [3.05, 3.63) is 46.2 Å². The highest BCUT2D eigenvalue weighted by Gasteiger charge is 2.09. The van der Waals surface area contributed by atoms with E-state index in [4.69, 9.17) is 4.74 Å².